The van der Waals surface area contributed by atoms with Crippen LogP contribution in [0.25, 0.3) is 0 Å². The van der Waals surface area contributed by atoms with Crippen molar-refractivity contribution in [1.29, 1.82) is 5.26 Å². The van der Waals surface area contributed by atoms with E-state index in [-0.39, 0.29) is 11.7 Å². The first kappa shape index (κ1) is 10.8. The van der Waals surface area contributed by atoms with Crippen molar-refractivity contribution in [1.82, 2.24) is 0 Å². The van der Waals surface area contributed by atoms with Crippen molar-refractivity contribution in [3.63, 3.8) is 0 Å². The van der Waals surface area contributed by atoms with Crippen LogP contribution < -0.4 is 0 Å². The summed E-state index contributed by atoms with van der Waals surface area (Å²) in [7, 11) is 0. The number of Topliss-reactive ketones (excluding diaryl/α,β-unsaturated/α-hetero) is 1. The molecule has 3 nitrogen and oxygen atoms in total. The maximum Gasteiger partial charge on any atom is 0.138 e. The Morgan fingerprint density at radius 2 is 2.06 bits per heavy atom. The minimum Gasteiger partial charge on any atom is -0.388 e. The van der Waals surface area contributed by atoms with Gasteiger partial charge in [-0.2, -0.15) is 5.26 Å². The molecule has 0 radical (unpaired) electrons. The second-order valence-electron chi connectivity index (χ2n) is 4.14. The van der Waals surface area contributed by atoms with Crippen LogP contribution in [0.2, 0.25) is 0 Å². The number of hydrogen-bond acceptors (Lipinski definition) is 3. The van der Waals surface area contributed by atoms with E-state index in [9.17, 15) is 9.90 Å². The molecule has 3 heteroatoms. The van der Waals surface area contributed by atoms with Gasteiger partial charge in [-0.3, -0.25) is 4.79 Å². The minimum atomic E-state index is -0.720. The largest absolute Gasteiger partial charge is 0.388 e. The SMILES string of the molecule is N#Cc1ccc(C(O)C2CCCC2=O)cc1. The van der Waals surface area contributed by atoms with Crippen molar-refractivity contribution >= 4 is 5.78 Å². The van der Waals surface area contributed by atoms with Crippen molar-refractivity contribution in [2.75, 3.05) is 0 Å². The van der Waals surface area contributed by atoms with Crippen LogP contribution in [-0.2, 0) is 4.79 Å². The van der Waals surface area contributed by atoms with E-state index in [1.54, 1.807) is 24.3 Å². The number of hydrogen-bond donors (Lipinski definition) is 1. The van der Waals surface area contributed by atoms with E-state index in [1.165, 1.54) is 0 Å². The Morgan fingerprint density at radius 3 is 2.56 bits per heavy atom. The third-order valence-electron chi connectivity index (χ3n) is 3.11. The van der Waals surface area contributed by atoms with E-state index >= 15 is 0 Å². The van der Waals surface area contributed by atoms with Crippen LogP contribution in [0.4, 0.5) is 0 Å². The van der Waals surface area contributed by atoms with Gasteiger partial charge in [0.05, 0.1) is 17.7 Å². The van der Waals surface area contributed by atoms with E-state index in [4.69, 9.17) is 5.26 Å². The highest BCUT2D eigenvalue weighted by atomic mass is 16.3. The van der Waals surface area contributed by atoms with Gasteiger partial charge in [-0.1, -0.05) is 12.1 Å². The summed E-state index contributed by atoms with van der Waals surface area (Å²) in [6.45, 7) is 0. The molecule has 0 saturated heterocycles. The maximum atomic E-state index is 11.5. The van der Waals surface area contributed by atoms with E-state index < -0.39 is 6.10 Å². The smallest absolute Gasteiger partial charge is 0.138 e. The molecule has 1 aromatic rings. The summed E-state index contributed by atoms with van der Waals surface area (Å²) in [5.41, 5.74) is 1.29. The molecule has 0 aliphatic heterocycles. The van der Waals surface area contributed by atoms with Gasteiger partial charge in [0, 0.05) is 12.3 Å². The standard InChI is InChI=1S/C13H13NO2/c14-8-9-4-6-10(7-5-9)13(16)11-2-1-3-12(11)15/h4-7,11,13,16H,1-3H2. The van der Waals surface area contributed by atoms with E-state index in [0.717, 1.165) is 18.4 Å². The maximum absolute atomic E-state index is 11.5. The summed E-state index contributed by atoms with van der Waals surface area (Å²) in [5.74, 6) is -0.107. The quantitative estimate of drug-likeness (QED) is 0.820. The monoisotopic (exact) mass is 215 g/mol. The molecule has 2 atom stereocenters. The molecule has 1 fully saturated rings. The first-order valence-electron chi connectivity index (χ1n) is 5.43. The molecular formula is C13H13NO2. The normalized spacial score (nSPS) is 21.8. The van der Waals surface area contributed by atoms with Crippen LogP contribution >= 0.6 is 0 Å². The Morgan fingerprint density at radius 1 is 1.38 bits per heavy atom. The molecule has 2 rings (SSSR count). The highest BCUT2D eigenvalue weighted by molar-refractivity contribution is 5.83. The summed E-state index contributed by atoms with van der Waals surface area (Å²) >= 11 is 0. The van der Waals surface area contributed by atoms with Gasteiger partial charge in [0.2, 0.25) is 0 Å². The minimum absolute atomic E-state index is 0.150. The predicted octanol–water partition coefficient (Wildman–Crippen LogP) is 1.96. The zero-order valence-corrected chi connectivity index (χ0v) is 8.89. The molecule has 0 amide bonds. The van der Waals surface area contributed by atoms with Crippen molar-refractivity contribution in [2.24, 2.45) is 5.92 Å². The predicted molar refractivity (Wildman–Crippen MR) is 58.5 cm³/mol. The average molecular weight is 215 g/mol. The zero-order chi connectivity index (χ0) is 11.5. The van der Waals surface area contributed by atoms with Crippen LogP contribution in [0.3, 0.4) is 0 Å². The van der Waals surface area contributed by atoms with Gasteiger partial charge in [0.25, 0.3) is 0 Å². The van der Waals surface area contributed by atoms with Gasteiger partial charge in [-0.25, -0.2) is 0 Å². The van der Waals surface area contributed by atoms with Crippen LogP contribution in [0, 0.1) is 17.2 Å². The van der Waals surface area contributed by atoms with E-state index in [0.29, 0.717) is 12.0 Å². The van der Waals surface area contributed by atoms with Gasteiger partial charge in [-0.05, 0) is 30.5 Å². The molecule has 1 N–H and O–H groups in total. The van der Waals surface area contributed by atoms with Crippen molar-refractivity contribution in [3.05, 3.63) is 35.4 Å². The second kappa shape index (κ2) is 4.46. The van der Waals surface area contributed by atoms with Crippen molar-refractivity contribution in [2.45, 2.75) is 25.4 Å². The summed E-state index contributed by atoms with van der Waals surface area (Å²) in [4.78, 5) is 11.5. The molecule has 2 unspecified atom stereocenters. The molecule has 0 aromatic heterocycles. The fourth-order valence-electron chi connectivity index (χ4n) is 2.16. The number of rotatable bonds is 2. The first-order chi connectivity index (χ1) is 7.72. The lowest BCUT2D eigenvalue weighted by Gasteiger charge is -2.16. The lowest BCUT2D eigenvalue weighted by molar-refractivity contribution is -0.123. The number of carbonyl (C=O) groups is 1. The molecule has 0 heterocycles. The molecule has 1 aliphatic rings. The van der Waals surface area contributed by atoms with Crippen molar-refractivity contribution < 1.29 is 9.90 Å². The van der Waals surface area contributed by atoms with Gasteiger partial charge in [0.1, 0.15) is 5.78 Å². The molecule has 1 saturated carbocycles. The van der Waals surface area contributed by atoms with Gasteiger partial charge >= 0.3 is 0 Å². The number of benzene rings is 1. The highest BCUT2D eigenvalue weighted by Crippen LogP contribution is 2.33. The van der Waals surface area contributed by atoms with E-state index in [2.05, 4.69) is 0 Å². The van der Waals surface area contributed by atoms with Crippen LogP contribution in [-0.4, -0.2) is 10.9 Å². The second-order valence-corrected chi connectivity index (χ2v) is 4.14. The van der Waals surface area contributed by atoms with E-state index in [1.807, 2.05) is 6.07 Å². The molecule has 82 valence electrons. The number of nitriles is 1. The average Bonchev–Trinajstić information content (AvgIpc) is 2.75. The summed E-state index contributed by atoms with van der Waals surface area (Å²) in [6.07, 6.45) is 1.50. The number of aliphatic hydroxyl groups is 1. The van der Waals surface area contributed by atoms with Gasteiger partial charge in [0.15, 0.2) is 0 Å². The van der Waals surface area contributed by atoms with Crippen LogP contribution in [0.15, 0.2) is 24.3 Å². The molecule has 0 bridgehead atoms. The molecule has 1 aliphatic carbocycles. The lowest BCUT2D eigenvalue weighted by Crippen LogP contribution is -2.16. The Bertz CT molecular complexity index is 430. The highest BCUT2D eigenvalue weighted by Gasteiger charge is 2.31. The van der Waals surface area contributed by atoms with Crippen LogP contribution in [0.1, 0.15) is 36.5 Å². The number of carbonyl (C=O) groups excluding carboxylic acids is 1. The summed E-state index contributed by atoms with van der Waals surface area (Å²) in [6, 6.07) is 8.79. The lowest BCUT2D eigenvalue weighted by atomic mass is 9.93. The Kier molecular flexibility index (Phi) is 3.02. The van der Waals surface area contributed by atoms with Crippen LogP contribution in [0.5, 0.6) is 0 Å². The van der Waals surface area contributed by atoms with Gasteiger partial charge < -0.3 is 5.11 Å². The number of ketones is 1. The molecule has 0 spiro atoms. The Balaban J connectivity index is 2.17. The van der Waals surface area contributed by atoms with Gasteiger partial charge in [-0.15, -0.1) is 0 Å². The fourth-order valence-corrected chi connectivity index (χ4v) is 2.16. The third-order valence-corrected chi connectivity index (χ3v) is 3.11. The topological polar surface area (TPSA) is 61.1 Å². The number of nitrogens with zero attached hydrogens (tertiary/aromatic N) is 1. The Labute approximate surface area is 94.3 Å². The van der Waals surface area contributed by atoms with Crippen molar-refractivity contribution in [3.8, 4) is 6.07 Å². The molecule has 16 heavy (non-hydrogen) atoms. The zero-order valence-electron chi connectivity index (χ0n) is 8.89. The fraction of sp³-hybridized carbons (Fsp3) is 0.385. The first-order valence-corrected chi connectivity index (χ1v) is 5.43. The Hall–Kier alpha value is -1.66. The third kappa shape index (κ3) is 1.98. The summed E-state index contributed by atoms with van der Waals surface area (Å²) < 4.78 is 0. The number of aliphatic hydroxyl groups excluding tert-OH is 1. The molecular weight excluding hydrogens is 202 g/mol. The summed E-state index contributed by atoms with van der Waals surface area (Å²) in [5, 5.41) is 18.7. The molecule has 1 aromatic carbocycles.